The van der Waals surface area contributed by atoms with E-state index in [-0.39, 0.29) is 5.69 Å². The Morgan fingerprint density at radius 1 is 1.47 bits per heavy atom. The Bertz CT molecular complexity index is 451. The topological polar surface area (TPSA) is 71.6 Å². The SMILES string of the molecule is C[NH+](C)CCCNC(=S)Nc1cccc([N+](=O)[O-])c1. The first kappa shape index (κ1) is 15.3. The number of benzene rings is 1. The third kappa shape index (κ3) is 6.12. The van der Waals surface area contributed by atoms with Crippen LogP contribution in [0.4, 0.5) is 11.4 Å². The summed E-state index contributed by atoms with van der Waals surface area (Å²) >= 11 is 5.13. The summed E-state index contributed by atoms with van der Waals surface area (Å²) in [5.41, 5.74) is 0.661. The summed E-state index contributed by atoms with van der Waals surface area (Å²) in [6.45, 7) is 1.85. The summed E-state index contributed by atoms with van der Waals surface area (Å²) in [5.74, 6) is 0. The molecule has 104 valence electrons. The van der Waals surface area contributed by atoms with E-state index >= 15 is 0 Å². The second kappa shape index (κ2) is 7.65. The summed E-state index contributed by atoms with van der Waals surface area (Å²) in [4.78, 5) is 11.6. The van der Waals surface area contributed by atoms with Crippen molar-refractivity contribution in [1.82, 2.24) is 5.32 Å². The van der Waals surface area contributed by atoms with Gasteiger partial charge in [-0.1, -0.05) is 6.07 Å². The van der Waals surface area contributed by atoms with E-state index in [1.807, 2.05) is 0 Å². The predicted molar refractivity (Wildman–Crippen MR) is 79.6 cm³/mol. The van der Waals surface area contributed by atoms with E-state index in [4.69, 9.17) is 12.2 Å². The maximum atomic E-state index is 10.6. The monoisotopic (exact) mass is 283 g/mol. The molecule has 0 aliphatic heterocycles. The van der Waals surface area contributed by atoms with Crippen LogP contribution in [0, 0.1) is 10.1 Å². The van der Waals surface area contributed by atoms with Crippen molar-refractivity contribution in [2.45, 2.75) is 6.42 Å². The average Bonchev–Trinajstić information content (AvgIpc) is 2.34. The third-order valence-corrected chi connectivity index (χ3v) is 2.70. The standard InChI is InChI=1S/C12H18N4O2S/c1-15(2)8-4-7-13-12(19)14-10-5-3-6-11(9-10)16(17)18/h3,5-6,9H,4,7-8H2,1-2H3,(H2,13,14,19)/p+1. The number of nitro benzene ring substituents is 1. The smallest absolute Gasteiger partial charge is 0.271 e. The molecule has 1 aromatic carbocycles. The Labute approximate surface area is 117 Å². The lowest BCUT2D eigenvalue weighted by molar-refractivity contribution is -0.858. The highest BCUT2D eigenvalue weighted by molar-refractivity contribution is 7.80. The fraction of sp³-hybridized carbons (Fsp3) is 0.417. The molecule has 0 radical (unpaired) electrons. The molecule has 0 amide bonds. The molecule has 7 heteroatoms. The van der Waals surface area contributed by atoms with Crippen LogP contribution in [-0.2, 0) is 0 Å². The van der Waals surface area contributed by atoms with Gasteiger partial charge in [-0.15, -0.1) is 0 Å². The van der Waals surface area contributed by atoms with Crippen LogP contribution in [-0.4, -0.2) is 37.2 Å². The van der Waals surface area contributed by atoms with Crippen LogP contribution >= 0.6 is 12.2 Å². The van der Waals surface area contributed by atoms with Crippen LogP contribution in [0.5, 0.6) is 0 Å². The van der Waals surface area contributed by atoms with Gasteiger partial charge in [0.1, 0.15) is 0 Å². The molecule has 1 aromatic rings. The molecule has 0 atom stereocenters. The van der Waals surface area contributed by atoms with Crippen molar-refractivity contribution in [3.63, 3.8) is 0 Å². The van der Waals surface area contributed by atoms with Gasteiger partial charge >= 0.3 is 0 Å². The minimum absolute atomic E-state index is 0.0454. The largest absolute Gasteiger partial charge is 0.362 e. The number of rotatable bonds is 6. The number of anilines is 1. The van der Waals surface area contributed by atoms with Gasteiger partial charge in [0.25, 0.3) is 5.69 Å². The highest BCUT2D eigenvalue weighted by Gasteiger charge is 2.06. The molecule has 6 nitrogen and oxygen atoms in total. The third-order valence-electron chi connectivity index (χ3n) is 2.45. The summed E-state index contributed by atoms with van der Waals surface area (Å²) in [6, 6.07) is 6.27. The van der Waals surface area contributed by atoms with Crippen LogP contribution in [0.15, 0.2) is 24.3 Å². The molecule has 0 fully saturated rings. The highest BCUT2D eigenvalue weighted by Crippen LogP contribution is 2.16. The van der Waals surface area contributed by atoms with E-state index in [0.717, 1.165) is 19.5 Å². The Hall–Kier alpha value is -1.73. The molecule has 0 spiro atoms. The van der Waals surface area contributed by atoms with Gasteiger partial charge in [0.05, 0.1) is 25.6 Å². The molecule has 0 aromatic heterocycles. The van der Waals surface area contributed by atoms with Gasteiger partial charge in [0, 0.05) is 30.8 Å². The van der Waals surface area contributed by atoms with Crippen LogP contribution in [0.1, 0.15) is 6.42 Å². The Morgan fingerprint density at radius 2 is 2.21 bits per heavy atom. The molecule has 3 N–H and O–H groups in total. The van der Waals surface area contributed by atoms with E-state index in [2.05, 4.69) is 24.7 Å². The van der Waals surface area contributed by atoms with Gasteiger partial charge in [-0.05, 0) is 18.3 Å². The fourth-order valence-corrected chi connectivity index (χ4v) is 1.74. The maximum Gasteiger partial charge on any atom is 0.271 e. The first-order chi connectivity index (χ1) is 8.99. The summed E-state index contributed by atoms with van der Waals surface area (Å²) in [7, 11) is 4.19. The summed E-state index contributed by atoms with van der Waals surface area (Å²) < 4.78 is 0. The average molecular weight is 283 g/mol. The molecule has 1 rings (SSSR count). The minimum atomic E-state index is -0.429. The fourth-order valence-electron chi connectivity index (χ4n) is 1.52. The zero-order valence-corrected chi connectivity index (χ0v) is 11.9. The van der Waals surface area contributed by atoms with E-state index in [0.29, 0.717) is 10.8 Å². The van der Waals surface area contributed by atoms with Crippen LogP contribution in [0.25, 0.3) is 0 Å². The lowest BCUT2D eigenvalue weighted by atomic mass is 10.3. The Kier molecular flexibility index (Phi) is 6.17. The molecule has 0 saturated heterocycles. The van der Waals surface area contributed by atoms with Gasteiger partial charge in [0.2, 0.25) is 0 Å². The molecular weight excluding hydrogens is 264 g/mol. The lowest BCUT2D eigenvalue weighted by Crippen LogP contribution is -3.05. The molecule has 0 bridgehead atoms. The number of nitro groups is 1. The van der Waals surface area contributed by atoms with E-state index in [1.54, 1.807) is 12.1 Å². The van der Waals surface area contributed by atoms with Crippen molar-refractivity contribution in [3.05, 3.63) is 34.4 Å². The van der Waals surface area contributed by atoms with Crippen molar-refractivity contribution in [3.8, 4) is 0 Å². The van der Waals surface area contributed by atoms with E-state index in [1.165, 1.54) is 17.0 Å². The molecule has 0 saturated carbocycles. The second-order valence-electron chi connectivity index (χ2n) is 4.50. The second-order valence-corrected chi connectivity index (χ2v) is 4.91. The zero-order valence-electron chi connectivity index (χ0n) is 11.1. The van der Waals surface area contributed by atoms with Crippen molar-refractivity contribution in [2.75, 3.05) is 32.5 Å². The number of hydrogen-bond donors (Lipinski definition) is 3. The van der Waals surface area contributed by atoms with Crippen molar-refractivity contribution < 1.29 is 9.82 Å². The van der Waals surface area contributed by atoms with Crippen LogP contribution in [0.2, 0.25) is 0 Å². The van der Waals surface area contributed by atoms with Gasteiger partial charge in [0.15, 0.2) is 5.11 Å². The summed E-state index contributed by atoms with van der Waals surface area (Å²) in [6.07, 6.45) is 1.01. The number of hydrogen-bond acceptors (Lipinski definition) is 3. The van der Waals surface area contributed by atoms with Crippen LogP contribution < -0.4 is 15.5 Å². The van der Waals surface area contributed by atoms with E-state index in [9.17, 15) is 10.1 Å². The Balaban J connectivity index is 2.40. The van der Waals surface area contributed by atoms with Crippen molar-refractivity contribution in [1.29, 1.82) is 0 Å². The highest BCUT2D eigenvalue weighted by atomic mass is 32.1. The van der Waals surface area contributed by atoms with Gasteiger partial charge in [-0.2, -0.15) is 0 Å². The molecule has 0 aliphatic carbocycles. The first-order valence-electron chi connectivity index (χ1n) is 6.07. The van der Waals surface area contributed by atoms with Crippen molar-refractivity contribution >= 4 is 28.7 Å². The molecule has 0 heterocycles. The molecule has 0 unspecified atom stereocenters. The predicted octanol–water partition coefficient (Wildman–Crippen LogP) is 0.416. The lowest BCUT2D eigenvalue weighted by Gasteiger charge is -2.11. The maximum absolute atomic E-state index is 10.6. The van der Waals surface area contributed by atoms with Crippen molar-refractivity contribution in [2.24, 2.45) is 0 Å². The van der Waals surface area contributed by atoms with Crippen LogP contribution in [0.3, 0.4) is 0 Å². The zero-order chi connectivity index (χ0) is 14.3. The molecule has 0 aliphatic rings. The number of quaternary nitrogens is 1. The van der Waals surface area contributed by atoms with E-state index < -0.39 is 4.92 Å². The minimum Gasteiger partial charge on any atom is -0.362 e. The number of thiocarbonyl (C=S) groups is 1. The summed E-state index contributed by atoms with van der Waals surface area (Å²) in [5, 5.41) is 17.1. The molecular formula is C12H19N4O2S+. The number of nitrogens with zero attached hydrogens (tertiary/aromatic N) is 1. The quantitative estimate of drug-likeness (QED) is 0.305. The number of nitrogens with one attached hydrogen (secondary N) is 3. The normalized spacial score (nSPS) is 10.3. The van der Waals surface area contributed by atoms with Gasteiger partial charge in [-0.3, -0.25) is 10.1 Å². The number of non-ortho nitro benzene ring substituents is 1. The molecule has 19 heavy (non-hydrogen) atoms. The first-order valence-corrected chi connectivity index (χ1v) is 6.48. The van der Waals surface area contributed by atoms with Gasteiger partial charge in [-0.25, -0.2) is 0 Å². The van der Waals surface area contributed by atoms with Gasteiger partial charge < -0.3 is 15.5 Å². The Morgan fingerprint density at radius 3 is 2.84 bits per heavy atom.